The van der Waals surface area contributed by atoms with Gasteiger partial charge in [0.25, 0.3) is 5.91 Å². The van der Waals surface area contributed by atoms with Gasteiger partial charge in [-0.1, -0.05) is 29.5 Å². The van der Waals surface area contributed by atoms with Crippen LogP contribution in [0, 0.1) is 6.92 Å². The first-order valence-corrected chi connectivity index (χ1v) is 11.6. The quantitative estimate of drug-likeness (QED) is 0.274. The van der Waals surface area contributed by atoms with Gasteiger partial charge >= 0.3 is 6.18 Å². The molecular weight excluding hydrogens is 487 g/mol. The Morgan fingerprint density at radius 3 is 2.69 bits per heavy atom. The van der Waals surface area contributed by atoms with Crippen molar-refractivity contribution in [3.63, 3.8) is 0 Å². The van der Waals surface area contributed by atoms with Crippen LogP contribution < -0.4 is 5.32 Å². The SMILES string of the molecule is Cc1nc(NC(=O)c2cccc(C(F)(F)F)c2)sc1-c1ccc2c(/C=C/c3ccccn3)n[nH]c2c1. The summed E-state index contributed by atoms with van der Waals surface area (Å²) < 4.78 is 38.9. The molecule has 0 bridgehead atoms. The van der Waals surface area contributed by atoms with Crippen LogP contribution >= 0.6 is 11.3 Å². The molecule has 0 aliphatic heterocycles. The fraction of sp³-hybridized carbons (Fsp3) is 0.0769. The molecule has 180 valence electrons. The standard InChI is InChI=1S/C26H18F3N5OS/c1-15-23(36-25(31-15)32-24(35)17-5-4-6-18(13-17)26(27,28)29)16-8-10-20-21(33-34-22(20)14-16)11-9-19-7-2-3-12-30-19/h2-14H,1H3,(H,33,34)(H,31,32,35)/b11-9+. The van der Waals surface area contributed by atoms with Crippen LogP contribution in [0.5, 0.6) is 0 Å². The molecule has 0 aliphatic rings. The maximum Gasteiger partial charge on any atom is 0.416 e. The molecule has 0 saturated heterocycles. The van der Waals surface area contributed by atoms with Crippen molar-refractivity contribution in [2.24, 2.45) is 0 Å². The van der Waals surface area contributed by atoms with Gasteiger partial charge in [-0.3, -0.25) is 20.2 Å². The number of aryl methyl sites for hydroxylation is 1. The topological polar surface area (TPSA) is 83.6 Å². The van der Waals surface area contributed by atoms with Gasteiger partial charge in [0.05, 0.1) is 33.0 Å². The summed E-state index contributed by atoms with van der Waals surface area (Å²) in [6.07, 6.45) is 0.972. The number of thiazole rings is 1. The van der Waals surface area contributed by atoms with Crippen LogP contribution in [0.3, 0.4) is 0 Å². The number of amides is 1. The zero-order valence-electron chi connectivity index (χ0n) is 18.8. The Morgan fingerprint density at radius 2 is 1.92 bits per heavy atom. The minimum absolute atomic E-state index is 0.0932. The van der Waals surface area contributed by atoms with E-state index in [1.165, 1.54) is 23.5 Å². The van der Waals surface area contributed by atoms with Gasteiger partial charge in [-0.2, -0.15) is 18.3 Å². The highest BCUT2D eigenvalue weighted by Gasteiger charge is 2.31. The first kappa shape index (κ1) is 23.4. The minimum atomic E-state index is -4.53. The first-order chi connectivity index (χ1) is 17.3. The zero-order chi connectivity index (χ0) is 25.3. The molecule has 0 unspecified atom stereocenters. The van der Waals surface area contributed by atoms with Crippen LogP contribution in [-0.2, 0) is 6.18 Å². The van der Waals surface area contributed by atoms with E-state index >= 15 is 0 Å². The van der Waals surface area contributed by atoms with Crippen LogP contribution in [0.25, 0.3) is 33.5 Å². The molecule has 0 aliphatic carbocycles. The Morgan fingerprint density at radius 1 is 1.06 bits per heavy atom. The van der Waals surface area contributed by atoms with E-state index in [1.807, 2.05) is 55.5 Å². The van der Waals surface area contributed by atoms with Crippen LogP contribution in [0.15, 0.2) is 66.9 Å². The van der Waals surface area contributed by atoms with Crippen molar-refractivity contribution in [1.82, 2.24) is 20.2 Å². The molecular formula is C26H18F3N5OS. The molecule has 3 heterocycles. The van der Waals surface area contributed by atoms with Gasteiger partial charge in [0, 0.05) is 17.1 Å². The lowest BCUT2D eigenvalue weighted by atomic mass is 10.1. The highest BCUT2D eigenvalue weighted by Crippen LogP contribution is 2.35. The summed E-state index contributed by atoms with van der Waals surface area (Å²) in [5.74, 6) is -0.658. The largest absolute Gasteiger partial charge is 0.416 e. The molecule has 6 nitrogen and oxygen atoms in total. The van der Waals surface area contributed by atoms with Gasteiger partial charge in [0.1, 0.15) is 0 Å². The maximum atomic E-state index is 13.0. The average molecular weight is 506 g/mol. The lowest BCUT2D eigenvalue weighted by Gasteiger charge is -2.08. The van der Waals surface area contributed by atoms with Crippen LogP contribution in [0.1, 0.15) is 33.0 Å². The van der Waals surface area contributed by atoms with Crippen molar-refractivity contribution in [1.29, 1.82) is 0 Å². The van der Waals surface area contributed by atoms with Gasteiger partial charge in [-0.05, 0) is 67.1 Å². The summed E-state index contributed by atoms with van der Waals surface area (Å²) in [7, 11) is 0. The summed E-state index contributed by atoms with van der Waals surface area (Å²) >= 11 is 1.25. The Kier molecular flexibility index (Phi) is 6.11. The molecule has 5 rings (SSSR count). The molecule has 0 fully saturated rings. The zero-order valence-corrected chi connectivity index (χ0v) is 19.6. The van der Waals surface area contributed by atoms with E-state index < -0.39 is 17.6 Å². The Bertz CT molecular complexity index is 1590. The van der Waals surface area contributed by atoms with Gasteiger partial charge < -0.3 is 0 Å². The van der Waals surface area contributed by atoms with Crippen LogP contribution in [0.2, 0.25) is 0 Å². The number of carbonyl (C=O) groups is 1. The summed E-state index contributed by atoms with van der Waals surface area (Å²) in [6.45, 7) is 1.81. The predicted molar refractivity (Wildman–Crippen MR) is 135 cm³/mol. The van der Waals surface area contributed by atoms with E-state index in [2.05, 4.69) is 25.5 Å². The third kappa shape index (κ3) is 4.89. The van der Waals surface area contributed by atoms with E-state index in [4.69, 9.17) is 0 Å². The van der Waals surface area contributed by atoms with Gasteiger partial charge in [0.2, 0.25) is 0 Å². The number of nitrogens with one attached hydrogen (secondary N) is 2. The average Bonchev–Trinajstić information content (AvgIpc) is 3.45. The number of hydrogen-bond donors (Lipinski definition) is 2. The summed E-state index contributed by atoms with van der Waals surface area (Å²) in [4.78, 5) is 22.0. The van der Waals surface area contributed by atoms with Crippen LogP contribution in [-0.4, -0.2) is 26.1 Å². The third-order valence-electron chi connectivity index (χ3n) is 5.42. The van der Waals surface area contributed by atoms with Gasteiger partial charge in [0.15, 0.2) is 5.13 Å². The van der Waals surface area contributed by atoms with E-state index in [-0.39, 0.29) is 5.56 Å². The lowest BCUT2D eigenvalue weighted by molar-refractivity contribution is -0.137. The molecule has 0 atom stereocenters. The number of benzene rings is 2. The predicted octanol–water partition coefficient (Wildman–Crippen LogP) is 6.83. The molecule has 1 amide bonds. The number of rotatable bonds is 5. The minimum Gasteiger partial charge on any atom is -0.298 e. The smallest absolute Gasteiger partial charge is 0.298 e. The maximum absolute atomic E-state index is 13.0. The van der Waals surface area contributed by atoms with Crippen molar-refractivity contribution in [2.75, 3.05) is 5.32 Å². The molecule has 2 N–H and O–H groups in total. The Hall–Kier alpha value is -4.31. The number of nitrogens with zero attached hydrogens (tertiary/aromatic N) is 3. The first-order valence-electron chi connectivity index (χ1n) is 10.8. The summed E-state index contributed by atoms with van der Waals surface area (Å²) in [6, 6.07) is 15.8. The van der Waals surface area contributed by atoms with E-state index in [0.29, 0.717) is 10.8 Å². The van der Waals surface area contributed by atoms with Crippen LogP contribution in [0.4, 0.5) is 18.3 Å². The van der Waals surface area contributed by atoms with E-state index in [9.17, 15) is 18.0 Å². The number of alkyl halides is 3. The number of anilines is 1. The Labute approximate surface area is 207 Å². The molecule has 5 aromatic rings. The highest BCUT2D eigenvalue weighted by atomic mass is 32.1. The second kappa shape index (κ2) is 9.38. The monoisotopic (exact) mass is 505 g/mol. The number of carbonyl (C=O) groups excluding carboxylic acids is 1. The number of hydrogen-bond acceptors (Lipinski definition) is 5. The van der Waals surface area contributed by atoms with Crippen molar-refractivity contribution in [2.45, 2.75) is 13.1 Å². The third-order valence-corrected chi connectivity index (χ3v) is 6.55. The Balaban J connectivity index is 1.37. The highest BCUT2D eigenvalue weighted by molar-refractivity contribution is 7.19. The van der Waals surface area contributed by atoms with Crippen molar-refractivity contribution >= 4 is 45.4 Å². The lowest BCUT2D eigenvalue weighted by Crippen LogP contribution is -2.13. The van der Waals surface area contributed by atoms with Crippen molar-refractivity contribution in [3.05, 3.63) is 95.1 Å². The molecule has 10 heteroatoms. The van der Waals surface area contributed by atoms with Crippen molar-refractivity contribution < 1.29 is 18.0 Å². The summed E-state index contributed by atoms with van der Waals surface area (Å²) in [5, 5.41) is 11.3. The normalized spacial score (nSPS) is 11.9. The molecule has 2 aromatic carbocycles. The molecule has 0 spiro atoms. The van der Waals surface area contributed by atoms with Gasteiger partial charge in [-0.25, -0.2) is 4.98 Å². The molecule has 36 heavy (non-hydrogen) atoms. The van der Waals surface area contributed by atoms with Gasteiger partial charge in [-0.15, -0.1) is 0 Å². The number of aromatic amines is 1. The fourth-order valence-corrected chi connectivity index (χ4v) is 4.63. The summed E-state index contributed by atoms with van der Waals surface area (Å²) in [5.41, 5.74) is 3.02. The van der Waals surface area contributed by atoms with E-state index in [1.54, 1.807) is 6.20 Å². The molecule has 0 radical (unpaired) electrons. The molecule has 3 aromatic heterocycles. The number of H-pyrrole nitrogens is 1. The number of halogens is 3. The fourth-order valence-electron chi connectivity index (χ4n) is 3.67. The van der Waals surface area contributed by atoms with E-state index in [0.717, 1.165) is 44.9 Å². The number of aromatic nitrogens is 4. The number of pyridine rings is 1. The molecule has 0 saturated carbocycles. The second-order valence-electron chi connectivity index (χ2n) is 7.92. The second-order valence-corrected chi connectivity index (χ2v) is 8.92. The number of fused-ring (bicyclic) bond motifs is 1. The van der Waals surface area contributed by atoms with Crippen molar-refractivity contribution in [3.8, 4) is 10.4 Å².